The van der Waals surface area contributed by atoms with E-state index in [4.69, 9.17) is 9.84 Å². The van der Waals surface area contributed by atoms with Crippen LogP contribution >= 0.6 is 0 Å². The quantitative estimate of drug-likeness (QED) is 0.585. The predicted octanol–water partition coefficient (Wildman–Crippen LogP) is 1.22. The van der Waals surface area contributed by atoms with Crippen LogP contribution in [0.1, 0.15) is 39.5 Å². The Hall–Kier alpha value is -1.30. The van der Waals surface area contributed by atoms with Crippen LogP contribution in [0.4, 0.5) is 4.79 Å². The van der Waals surface area contributed by atoms with Crippen molar-refractivity contribution in [2.24, 2.45) is 0 Å². The zero-order valence-electron chi connectivity index (χ0n) is 10.9. The molecule has 0 saturated carbocycles. The van der Waals surface area contributed by atoms with Crippen LogP contribution in [-0.2, 0) is 9.53 Å². The zero-order chi connectivity index (χ0) is 13.8. The number of aliphatic hydroxyl groups is 1. The number of piperidine rings is 1. The van der Waals surface area contributed by atoms with Gasteiger partial charge in [-0.15, -0.1) is 0 Å². The minimum absolute atomic E-state index is 0.0876. The van der Waals surface area contributed by atoms with Crippen LogP contribution in [0, 0.1) is 0 Å². The molecule has 0 radical (unpaired) electrons. The van der Waals surface area contributed by atoms with Crippen molar-refractivity contribution in [2.45, 2.75) is 51.2 Å². The minimum Gasteiger partial charge on any atom is -0.465 e. The van der Waals surface area contributed by atoms with E-state index in [0.29, 0.717) is 6.42 Å². The second-order valence-corrected chi connectivity index (χ2v) is 4.84. The van der Waals surface area contributed by atoms with E-state index in [1.54, 1.807) is 0 Å². The van der Waals surface area contributed by atoms with Crippen LogP contribution in [0.15, 0.2) is 0 Å². The molecule has 0 aromatic rings. The van der Waals surface area contributed by atoms with Crippen molar-refractivity contribution in [3.63, 3.8) is 0 Å². The maximum absolute atomic E-state index is 12.0. The molecule has 1 amide bonds. The van der Waals surface area contributed by atoms with E-state index >= 15 is 0 Å². The lowest BCUT2D eigenvalue weighted by molar-refractivity contribution is -0.161. The largest absolute Gasteiger partial charge is 0.465 e. The van der Waals surface area contributed by atoms with Gasteiger partial charge in [0.15, 0.2) is 0 Å². The average molecular weight is 259 g/mol. The summed E-state index contributed by atoms with van der Waals surface area (Å²) in [7, 11) is 0. The number of hydrogen-bond acceptors (Lipinski definition) is 4. The molecule has 1 aliphatic heterocycles. The molecule has 0 spiro atoms. The summed E-state index contributed by atoms with van der Waals surface area (Å²) in [5.41, 5.74) is -1.28. The van der Waals surface area contributed by atoms with Gasteiger partial charge in [-0.2, -0.15) is 0 Å². The number of carboxylic acid groups (broad SMARTS) is 1. The molecule has 1 aliphatic rings. The number of hydrogen-bond donors (Lipinski definition) is 2. The number of esters is 1. The van der Waals surface area contributed by atoms with Gasteiger partial charge in [-0.3, -0.25) is 4.90 Å². The number of amides is 1. The summed E-state index contributed by atoms with van der Waals surface area (Å²) >= 11 is 0. The highest BCUT2D eigenvalue weighted by Gasteiger charge is 2.47. The van der Waals surface area contributed by atoms with Gasteiger partial charge >= 0.3 is 12.1 Å². The van der Waals surface area contributed by atoms with E-state index in [9.17, 15) is 14.7 Å². The lowest BCUT2D eigenvalue weighted by atomic mass is 9.87. The molecule has 0 bridgehead atoms. The molecule has 1 heterocycles. The topological polar surface area (TPSA) is 87.1 Å². The Bertz CT molecular complexity index is 320. The minimum atomic E-state index is -1.28. The molecule has 1 saturated heterocycles. The van der Waals surface area contributed by atoms with Gasteiger partial charge in [-0.25, -0.2) is 9.59 Å². The lowest BCUT2D eigenvalue weighted by Crippen LogP contribution is -2.60. The number of aliphatic hydroxyl groups excluding tert-OH is 1. The monoisotopic (exact) mass is 259 g/mol. The smallest absolute Gasteiger partial charge is 0.408 e. The maximum Gasteiger partial charge on any atom is 0.408 e. The molecule has 18 heavy (non-hydrogen) atoms. The first-order chi connectivity index (χ1) is 8.41. The third-order valence-corrected chi connectivity index (χ3v) is 3.32. The van der Waals surface area contributed by atoms with Crippen LogP contribution in [0.2, 0.25) is 0 Å². The van der Waals surface area contributed by atoms with Gasteiger partial charge in [0.1, 0.15) is 5.54 Å². The van der Waals surface area contributed by atoms with Crippen molar-refractivity contribution in [2.75, 3.05) is 13.2 Å². The van der Waals surface area contributed by atoms with Crippen LogP contribution in [0.5, 0.6) is 0 Å². The molecule has 2 N–H and O–H groups in total. The molecule has 2 unspecified atom stereocenters. The number of carbonyl (C=O) groups is 2. The number of ether oxygens (including phenoxy) is 1. The SMILES string of the molecule is CCCCOC(=O)C1(C)CC(O)CCN1C(=O)O. The first-order valence-electron chi connectivity index (χ1n) is 6.27. The van der Waals surface area contributed by atoms with Crippen LogP contribution in [0.3, 0.4) is 0 Å². The van der Waals surface area contributed by atoms with E-state index in [0.717, 1.165) is 17.7 Å². The Labute approximate surface area is 107 Å². The van der Waals surface area contributed by atoms with Gasteiger partial charge in [0.25, 0.3) is 0 Å². The number of likely N-dealkylation sites (tertiary alicyclic amines) is 1. The molecule has 1 fully saturated rings. The van der Waals surface area contributed by atoms with Gasteiger partial charge < -0.3 is 14.9 Å². The summed E-state index contributed by atoms with van der Waals surface area (Å²) in [6.45, 7) is 3.92. The van der Waals surface area contributed by atoms with Crippen molar-refractivity contribution >= 4 is 12.1 Å². The molecule has 104 valence electrons. The Balaban J connectivity index is 2.76. The van der Waals surface area contributed by atoms with E-state index in [-0.39, 0.29) is 19.6 Å². The van der Waals surface area contributed by atoms with Crippen molar-refractivity contribution in [3.05, 3.63) is 0 Å². The molecular formula is C12H21NO5. The molecule has 0 aliphatic carbocycles. The zero-order valence-corrected chi connectivity index (χ0v) is 10.9. The van der Waals surface area contributed by atoms with Crippen LogP contribution in [0.25, 0.3) is 0 Å². The predicted molar refractivity (Wildman–Crippen MR) is 64.2 cm³/mol. The molecule has 0 aromatic heterocycles. The average Bonchev–Trinajstić information content (AvgIpc) is 2.28. The van der Waals surface area contributed by atoms with E-state index in [2.05, 4.69) is 0 Å². The molecule has 1 rings (SSSR count). The molecule has 6 nitrogen and oxygen atoms in total. The van der Waals surface area contributed by atoms with Crippen molar-refractivity contribution in [3.8, 4) is 0 Å². The molecule has 0 aromatic carbocycles. The van der Waals surface area contributed by atoms with Crippen molar-refractivity contribution in [1.29, 1.82) is 0 Å². The number of unbranched alkanes of at least 4 members (excludes halogenated alkanes) is 1. The number of nitrogens with zero attached hydrogens (tertiary/aromatic N) is 1. The summed E-state index contributed by atoms with van der Waals surface area (Å²) in [4.78, 5) is 24.2. The fourth-order valence-corrected chi connectivity index (χ4v) is 2.16. The Kier molecular flexibility index (Phi) is 4.95. The van der Waals surface area contributed by atoms with E-state index in [1.807, 2.05) is 6.92 Å². The van der Waals surface area contributed by atoms with Gasteiger partial charge in [-0.1, -0.05) is 13.3 Å². The Morgan fingerprint density at radius 2 is 2.17 bits per heavy atom. The van der Waals surface area contributed by atoms with Gasteiger partial charge in [0.05, 0.1) is 12.7 Å². The molecular weight excluding hydrogens is 238 g/mol. The first-order valence-corrected chi connectivity index (χ1v) is 6.27. The van der Waals surface area contributed by atoms with Crippen molar-refractivity contribution < 1.29 is 24.5 Å². The van der Waals surface area contributed by atoms with Gasteiger partial charge in [0.2, 0.25) is 0 Å². The molecule has 6 heteroatoms. The van der Waals surface area contributed by atoms with E-state index in [1.165, 1.54) is 6.92 Å². The van der Waals surface area contributed by atoms with Crippen LogP contribution in [-0.4, -0.2) is 52.0 Å². The summed E-state index contributed by atoms with van der Waals surface area (Å²) < 4.78 is 5.10. The number of carbonyl (C=O) groups excluding carboxylic acids is 1. The Morgan fingerprint density at radius 3 is 2.72 bits per heavy atom. The summed E-state index contributed by atoms with van der Waals surface area (Å²) in [6, 6.07) is 0. The summed E-state index contributed by atoms with van der Waals surface area (Å²) in [5.74, 6) is -0.572. The summed E-state index contributed by atoms with van der Waals surface area (Å²) in [6.07, 6.45) is 0.266. The van der Waals surface area contributed by atoms with Gasteiger partial charge in [0, 0.05) is 13.0 Å². The second-order valence-electron chi connectivity index (χ2n) is 4.84. The second kappa shape index (κ2) is 6.04. The number of rotatable bonds is 4. The normalized spacial score (nSPS) is 27.9. The molecule has 2 atom stereocenters. The maximum atomic E-state index is 12.0. The van der Waals surface area contributed by atoms with Gasteiger partial charge in [-0.05, 0) is 19.8 Å². The lowest BCUT2D eigenvalue weighted by Gasteiger charge is -2.42. The third kappa shape index (κ3) is 3.13. The highest BCUT2D eigenvalue weighted by atomic mass is 16.5. The first kappa shape index (κ1) is 14.8. The van der Waals surface area contributed by atoms with E-state index < -0.39 is 23.7 Å². The fraction of sp³-hybridized carbons (Fsp3) is 0.833. The van der Waals surface area contributed by atoms with Crippen molar-refractivity contribution in [1.82, 2.24) is 4.90 Å². The highest BCUT2D eigenvalue weighted by molar-refractivity contribution is 5.85. The Morgan fingerprint density at radius 1 is 1.50 bits per heavy atom. The standard InChI is InChI=1S/C12H21NO5/c1-3-4-7-18-10(15)12(2)8-9(14)5-6-13(12)11(16)17/h9,14H,3-8H2,1-2H3,(H,16,17). The van der Waals surface area contributed by atoms with Crippen LogP contribution < -0.4 is 0 Å². The fourth-order valence-electron chi connectivity index (χ4n) is 2.16. The summed E-state index contributed by atoms with van der Waals surface area (Å²) in [5, 5.41) is 18.8. The highest BCUT2D eigenvalue weighted by Crippen LogP contribution is 2.29. The third-order valence-electron chi connectivity index (χ3n) is 3.32.